The van der Waals surface area contributed by atoms with Crippen LogP contribution in [0.1, 0.15) is 58.8 Å². The molecule has 1 fully saturated rings. The van der Waals surface area contributed by atoms with E-state index in [2.05, 4.69) is 20.4 Å². The predicted octanol–water partition coefficient (Wildman–Crippen LogP) is 4.31. The van der Waals surface area contributed by atoms with Gasteiger partial charge in [-0.15, -0.1) is 0 Å². The summed E-state index contributed by atoms with van der Waals surface area (Å²) < 4.78 is 0. The molecule has 0 aromatic rings. The van der Waals surface area contributed by atoms with E-state index in [0.717, 1.165) is 0 Å². The first-order valence-electron chi connectivity index (χ1n) is 5.33. The quantitative estimate of drug-likeness (QED) is 0.546. The molecular weight excluding hydrogens is 144 g/mol. The Labute approximate surface area is 77.1 Å². The lowest BCUT2D eigenvalue weighted by Crippen LogP contribution is -2.11. The number of hydrogen-bond donors (Lipinski definition) is 0. The Kier molecular flexibility index (Phi) is 3.37. The molecule has 0 amide bonds. The van der Waals surface area contributed by atoms with Crippen molar-refractivity contribution in [3.8, 4) is 0 Å². The Morgan fingerprint density at radius 1 is 1.33 bits per heavy atom. The van der Waals surface area contributed by atoms with Crippen molar-refractivity contribution in [2.45, 2.75) is 58.8 Å². The second kappa shape index (κ2) is 4.11. The first kappa shape index (κ1) is 9.83. The molecule has 0 N–H and O–H groups in total. The zero-order valence-electron chi connectivity index (χ0n) is 8.66. The largest absolute Gasteiger partial charge is 0.0998 e. The molecule has 0 unspecified atom stereocenters. The van der Waals surface area contributed by atoms with E-state index in [1.165, 1.54) is 50.5 Å². The Balaban J connectivity index is 2.33. The van der Waals surface area contributed by atoms with E-state index < -0.39 is 0 Å². The van der Waals surface area contributed by atoms with Crippen molar-refractivity contribution in [3.05, 3.63) is 12.2 Å². The number of rotatable bonds is 4. The Bertz CT molecular complexity index is 149. The molecule has 0 aromatic carbocycles. The van der Waals surface area contributed by atoms with Crippen molar-refractivity contribution in [2.24, 2.45) is 5.41 Å². The summed E-state index contributed by atoms with van der Waals surface area (Å²) in [6, 6.07) is 0. The Morgan fingerprint density at radius 3 is 2.42 bits per heavy atom. The molecular formula is C12H22. The zero-order valence-corrected chi connectivity index (χ0v) is 8.66. The van der Waals surface area contributed by atoms with Crippen molar-refractivity contribution in [3.63, 3.8) is 0 Å². The minimum absolute atomic E-state index is 0.617. The maximum absolute atomic E-state index is 4.15. The molecule has 0 heteroatoms. The van der Waals surface area contributed by atoms with Crippen LogP contribution >= 0.6 is 0 Å². The van der Waals surface area contributed by atoms with Crippen molar-refractivity contribution in [2.75, 3.05) is 0 Å². The lowest BCUT2D eigenvalue weighted by atomic mass is 9.81. The predicted molar refractivity (Wildman–Crippen MR) is 55.2 cm³/mol. The van der Waals surface area contributed by atoms with Crippen LogP contribution in [0.5, 0.6) is 0 Å². The highest BCUT2D eigenvalue weighted by molar-refractivity contribution is 5.00. The fraction of sp³-hybridized carbons (Fsp3) is 0.833. The molecule has 0 bridgehead atoms. The van der Waals surface area contributed by atoms with E-state index in [4.69, 9.17) is 0 Å². The minimum atomic E-state index is 0.617. The minimum Gasteiger partial charge on any atom is -0.0998 e. The van der Waals surface area contributed by atoms with Crippen LogP contribution in [0.15, 0.2) is 12.2 Å². The van der Waals surface area contributed by atoms with Gasteiger partial charge in [-0.3, -0.25) is 0 Å². The highest BCUT2D eigenvalue weighted by atomic mass is 14.3. The highest BCUT2D eigenvalue weighted by Gasteiger charge is 2.28. The van der Waals surface area contributed by atoms with Gasteiger partial charge in [0.05, 0.1) is 0 Å². The summed E-state index contributed by atoms with van der Waals surface area (Å²) in [6.07, 6.45) is 9.50. The summed E-state index contributed by atoms with van der Waals surface area (Å²) in [6.45, 7) is 8.82. The highest BCUT2D eigenvalue weighted by Crippen LogP contribution is 2.42. The van der Waals surface area contributed by atoms with E-state index in [9.17, 15) is 0 Å². The molecule has 12 heavy (non-hydrogen) atoms. The van der Waals surface area contributed by atoms with Gasteiger partial charge in [-0.2, -0.15) is 0 Å². The van der Waals surface area contributed by atoms with Crippen LogP contribution in [-0.4, -0.2) is 0 Å². The van der Waals surface area contributed by atoms with Crippen LogP contribution in [0.2, 0.25) is 0 Å². The van der Waals surface area contributed by atoms with Crippen LogP contribution < -0.4 is 0 Å². The van der Waals surface area contributed by atoms with Crippen LogP contribution in [0.3, 0.4) is 0 Å². The third-order valence-electron chi connectivity index (χ3n) is 3.09. The molecule has 0 heterocycles. The maximum Gasteiger partial charge on any atom is -0.0269 e. The van der Waals surface area contributed by atoms with Crippen LogP contribution in [0, 0.1) is 5.41 Å². The molecule has 1 saturated carbocycles. The summed E-state index contributed by atoms with van der Waals surface area (Å²) in [5, 5.41) is 0. The van der Waals surface area contributed by atoms with Crippen LogP contribution in [-0.2, 0) is 0 Å². The molecule has 0 aromatic heterocycles. The summed E-state index contributed by atoms with van der Waals surface area (Å²) in [5.41, 5.74) is 2.09. The summed E-state index contributed by atoms with van der Waals surface area (Å²) >= 11 is 0. The van der Waals surface area contributed by atoms with E-state index in [0.29, 0.717) is 5.41 Å². The Hall–Kier alpha value is -0.260. The van der Waals surface area contributed by atoms with Gasteiger partial charge in [0.25, 0.3) is 0 Å². The monoisotopic (exact) mass is 166 g/mol. The van der Waals surface area contributed by atoms with Crippen molar-refractivity contribution in [1.82, 2.24) is 0 Å². The van der Waals surface area contributed by atoms with Crippen molar-refractivity contribution < 1.29 is 0 Å². The van der Waals surface area contributed by atoms with Crippen molar-refractivity contribution in [1.29, 1.82) is 0 Å². The molecule has 0 nitrogen and oxygen atoms in total. The standard InChI is InChI=1S/C12H22/c1-4-7-11(2)10-12(3)8-5-6-9-12/h2,4-10H2,1,3H3. The van der Waals surface area contributed by atoms with Gasteiger partial charge in [0.15, 0.2) is 0 Å². The SMILES string of the molecule is C=C(CCC)CC1(C)CCCC1. The lowest BCUT2D eigenvalue weighted by Gasteiger charge is -2.24. The lowest BCUT2D eigenvalue weighted by molar-refractivity contribution is 0.330. The maximum atomic E-state index is 4.15. The van der Waals surface area contributed by atoms with Crippen LogP contribution in [0.25, 0.3) is 0 Å². The molecule has 70 valence electrons. The molecule has 0 saturated heterocycles. The van der Waals surface area contributed by atoms with E-state index in [-0.39, 0.29) is 0 Å². The second-order valence-electron chi connectivity index (χ2n) is 4.69. The average molecular weight is 166 g/mol. The Morgan fingerprint density at radius 2 is 1.92 bits per heavy atom. The van der Waals surface area contributed by atoms with E-state index >= 15 is 0 Å². The zero-order chi connectivity index (χ0) is 9.03. The fourth-order valence-electron chi connectivity index (χ4n) is 2.45. The van der Waals surface area contributed by atoms with Gasteiger partial charge in [-0.05, 0) is 31.1 Å². The molecule has 0 spiro atoms. The number of allylic oxidation sites excluding steroid dienone is 1. The third kappa shape index (κ3) is 2.66. The summed E-state index contributed by atoms with van der Waals surface area (Å²) in [5.74, 6) is 0. The molecule has 1 aliphatic carbocycles. The summed E-state index contributed by atoms with van der Waals surface area (Å²) in [4.78, 5) is 0. The normalized spacial score (nSPS) is 21.2. The average Bonchev–Trinajstić information content (AvgIpc) is 2.36. The third-order valence-corrected chi connectivity index (χ3v) is 3.09. The molecule has 1 aliphatic rings. The molecule has 0 radical (unpaired) electrons. The second-order valence-corrected chi connectivity index (χ2v) is 4.69. The van der Waals surface area contributed by atoms with Crippen LogP contribution in [0.4, 0.5) is 0 Å². The first-order valence-corrected chi connectivity index (χ1v) is 5.33. The van der Waals surface area contributed by atoms with Gasteiger partial charge in [0, 0.05) is 0 Å². The summed E-state index contributed by atoms with van der Waals surface area (Å²) in [7, 11) is 0. The van der Waals surface area contributed by atoms with Gasteiger partial charge in [-0.1, -0.05) is 45.3 Å². The van der Waals surface area contributed by atoms with Gasteiger partial charge in [0.1, 0.15) is 0 Å². The van der Waals surface area contributed by atoms with E-state index in [1.54, 1.807) is 0 Å². The van der Waals surface area contributed by atoms with Gasteiger partial charge in [-0.25, -0.2) is 0 Å². The van der Waals surface area contributed by atoms with Gasteiger partial charge < -0.3 is 0 Å². The van der Waals surface area contributed by atoms with Gasteiger partial charge in [0.2, 0.25) is 0 Å². The topological polar surface area (TPSA) is 0 Å². The molecule has 0 atom stereocenters. The first-order chi connectivity index (χ1) is 5.66. The fourth-order valence-corrected chi connectivity index (χ4v) is 2.45. The smallest absolute Gasteiger partial charge is 0.0269 e. The van der Waals surface area contributed by atoms with Crippen molar-refractivity contribution >= 4 is 0 Å². The van der Waals surface area contributed by atoms with E-state index in [1.807, 2.05) is 0 Å². The molecule has 0 aliphatic heterocycles. The number of hydrogen-bond acceptors (Lipinski definition) is 0. The molecule has 1 rings (SSSR count). The van der Waals surface area contributed by atoms with Gasteiger partial charge >= 0.3 is 0 Å².